The van der Waals surface area contributed by atoms with Gasteiger partial charge in [-0.2, -0.15) is 0 Å². The number of halogens is 3. The topological polar surface area (TPSA) is 82.4 Å². The molecule has 1 aromatic carbocycles. The van der Waals surface area contributed by atoms with Gasteiger partial charge in [0, 0.05) is 18.8 Å². The van der Waals surface area contributed by atoms with Crippen LogP contribution in [0.1, 0.15) is 22.2 Å². The molecule has 4 heterocycles. The number of carbonyl (C=O) groups is 1. The summed E-state index contributed by atoms with van der Waals surface area (Å²) in [6, 6.07) is 5.23. The first-order valence-corrected chi connectivity index (χ1v) is 10.2. The third-order valence-corrected chi connectivity index (χ3v) is 6.34. The van der Waals surface area contributed by atoms with Gasteiger partial charge in [-0.05, 0) is 18.2 Å². The number of methoxy groups -OCH3 is 1. The van der Waals surface area contributed by atoms with Crippen LogP contribution in [0.3, 0.4) is 0 Å². The van der Waals surface area contributed by atoms with Crippen LogP contribution in [0, 0.1) is 5.82 Å². The quantitative estimate of drug-likeness (QED) is 0.553. The number of rotatable bonds is 3. The highest BCUT2D eigenvalue weighted by Crippen LogP contribution is 2.38. The molecule has 2 bridgehead atoms. The van der Waals surface area contributed by atoms with E-state index in [0.717, 1.165) is 6.07 Å². The van der Waals surface area contributed by atoms with Gasteiger partial charge in [0.25, 0.3) is 5.91 Å². The van der Waals surface area contributed by atoms with E-state index in [9.17, 15) is 9.18 Å². The lowest BCUT2D eigenvalue weighted by atomic mass is 10.0. The Labute approximate surface area is 186 Å². The second kappa shape index (κ2) is 7.74. The lowest BCUT2D eigenvalue weighted by Gasteiger charge is -2.45. The minimum Gasteiger partial charge on any atom is -0.497 e. The van der Waals surface area contributed by atoms with Crippen molar-refractivity contribution >= 4 is 29.1 Å². The number of aromatic nitrogens is 4. The summed E-state index contributed by atoms with van der Waals surface area (Å²) in [5.74, 6) is 0.774. The molecule has 2 atom stereocenters. The Hall–Kier alpha value is -2.75. The number of carbonyl (C=O) groups excluding carboxylic acids is 1. The summed E-state index contributed by atoms with van der Waals surface area (Å²) in [5, 5.41) is 8.26. The van der Waals surface area contributed by atoms with Gasteiger partial charge in [0.1, 0.15) is 23.3 Å². The molecule has 31 heavy (non-hydrogen) atoms. The van der Waals surface area contributed by atoms with Crippen LogP contribution >= 0.6 is 23.2 Å². The standard InChI is InChI=1S/C20H16Cl2FN5O3/c1-30-11-4-5-24-14(6-11)18-25-26-19-15-9-31-8-10(7-27(18)19)28(15)20(29)12-2-3-13(23)17(22)16(12)21/h2-6,10,15H,7-9H2,1H3. The van der Waals surface area contributed by atoms with Crippen LogP contribution in [0.25, 0.3) is 11.5 Å². The molecule has 2 aliphatic heterocycles. The van der Waals surface area contributed by atoms with Crippen molar-refractivity contribution < 1.29 is 18.7 Å². The zero-order valence-corrected chi connectivity index (χ0v) is 17.8. The van der Waals surface area contributed by atoms with E-state index < -0.39 is 11.9 Å². The van der Waals surface area contributed by atoms with Gasteiger partial charge in [-0.1, -0.05) is 23.2 Å². The van der Waals surface area contributed by atoms with E-state index in [4.69, 9.17) is 32.7 Å². The Kier molecular flexibility index (Phi) is 5.04. The molecule has 1 fully saturated rings. The van der Waals surface area contributed by atoms with E-state index in [1.807, 2.05) is 4.57 Å². The molecular weight excluding hydrogens is 448 g/mol. The highest BCUT2D eigenvalue weighted by atomic mass is 35.5. The number of amides is 1. The average molecular weight is 464 g/mol. The fourth-order valence-corrected chi connectivity index (χ4v) is 4.41. The summed E-state index contributed by atoms with van der Waals surface area (Å²) in [6.45, 7) is 0.987. The van der Waals surface area contributed by atoms with Crippen molar-refractivity contribution in [3.63, 3.8) is 0 Å². The van der Waals surface area contributed by atoms with E-state index in [-0.39, 0.29) is 34.2 Å². The van der Waals surface area contributed by atoms with Gasteiger partial charge in [-0.25, -0.2) is 4.39 Å². The second-order valence-electron chi connectivity index (χ2n) is 7.22. The summed E-state index contributed by atoms with van der Waals surface area (Å²) in [6.07, 6.45) is 1.64. The van der Waals surface area contributed by atoms with Gasteiger partial charge < -0.3 is 18.9 Å². The van der Waals surface area contributed by atoms with E-state index in [1.54, 1.807) is 30.3 Å². The molecule has 5 rings (SSSR count). The summed E-state index contributed by atoms with van der Waals surface area (Å²) >= 11 is 12.1. The Morgan fingerprint density at radius 3 is 2.87 bits per heavy atom. The first-order valence-electron chi connectivity index (χ1n) is 9.47. The van der Waals surface area contributed by atoms with Crippen LogP contribution in [-0.4, -0.2) is 56.9 Å². The van der Waals surface area contributed by atoms with Gasteiger partial charge in [-0.3, -0.25) is 9.78 Å². The van der Waals surface area contributed by atoms with Crippen LogP contribution < -0.4 is 4.74 Å². The first kappa shape index (κ1) is 20.2. The fourth-order valence-electron chi connectivity index (χ4n) is 4.01. The highest BCUT2D eigenvalue weighted by Gasteiger charge is 2.44. The molecule has 0 radical (unpaired) electrons. The van der Waals surface area contributed by atoms with Crippen LogP contribution in [-0.2, 0) is 11.3 Å². The molecule has 3 aromatic rings. The van der Waals surface area contributed by atoms with Crippen LogP contribution in [0.4, 0.5) is 4.39 Å². The minimum atomic E-state index is -0.680. The molecule has 1 saturated heterocycles. The summed E-state index contributed by atoms with van der Waals surface area (Å²) in [4.78, 5) is 19.4. The molecule has 2 unspecified atom stereocenters. The predicted molar refractivity (Wildman–Crippen MR) is 110 cm³/mol. The number of fused-ring (bicyclic) bond motifs is 4. The first-order chi connectivity index (χ1) is 15.0. The number of nitrogens with zero attached hydrogens (tertiary/aromatic N) is 5. The number of hydrogen-bond donors (Lipinski definition) is 0. The van der Waals surface area contributed by atoms with Gasteiger partial charge in [0.2, 0.25) is 0 Å². The molecule has 0 N–H and O–H groups in total. The smallest absolute Gasteiger partial charge is 0.256 e. The SMILES string of the molecule is COc1ccnc(-c2nnc3n2CC2COCC3N2C(=O)c2ccc(F)c(Cl)c2Cl)c1. The minimum absolute atomic E-state index is 0.112. The van der Waals surface area contributed by atoms with Gasteiger partial charge in [0.15, 0.2) is 11.6 Å². The molecule has 2 aromatic heterocycles. The maximum atomic E-state index is 13.7. The maximum absolute atomic E-state index is 13.7. The van der Waals surface area contributed by atoms with E-state index in [1.165, 1.54) is 6.07 Å². The van der Waals surface area contributed by atoms with Crippen LogP contribution in [0.15, 0.2) is 30.5 Å². The molecular formula is C20H16Cl2FN5O3. The second-order valence-corrected chi connectivity index (χ2v) is 7.97. The monoisotopic (exact) mass is 463 g/mol. The number of ether oxygens (including phenoxy) is 2. The molecule has 2 aliphatic rings. The Balaban J connectivity index is 1.55. The molecule has 11 heteroatoms. The molecule has 8 nitrogen and oxygen atoms in total. The lowest BCUT2D eigenvalue weighted by Crippen LogP contribution is -2.56. The van der Waals surface area contributed by atoms with Gasteiger partial charge >= 0.3 is 0 Å². The van der Waals surface area contributed by atoms with Crippen molar-refractivity contribution in [3.8, 4) is 17.3 Å². The number of hydrogen-bond acceptors (Lipinski definition) is 6. The van der Waals surface area contributed by atoms with Gasteiger partial charge in [0.05, 0.1) is 42.0 Å². The van der Waals surface area contributed by atoms with Crippen molar-refractivity contribution in [2.24, 2.45) is 0 Å². The molecule has 0 saturated carbocycles. The third kappa shape index (κ3) is 3.24. The zero-order valence-electron chi connectivity index (χ0n) is 16.3. The average Bonchev–Trinajstić information content (AvgIpc) is 3.20. The van der Waals surface area contributed by atoms with E-state index in [2.05, 4.69) is 15.2 Å². The molecule has 1 amide bonds. The zero-order chi connectivity index (χ0) is 21.7. The summed E-state index contributed by atoms with van der Waals surface area (Å²) in [5.41, 5.74) is 0.748. The Morgan fingerprint density at radius 1 is 1.23 bits per heavy atom. The largest absolute Gasteiger partial charge is 0.497 e. The van der Waals surface area contributed by atoms with E-state index >= 15 is 0 Å². The number of benzene rings is 1. The Morgan fingerprint density at radius 2 is 2.06 bits per heavy atom. The lowest BCUT2D eigenvalue weighted by molar-refractivity contribution is -0.0569. The highest BCUT2D eigenvalue weighted by molar-refractivity contribution is 6.44. The normalized spacial score (nSPS) is 19.8. The van der Waals surface area contributed by atoms with Crippen molar-refractivity contribution in [2.75, 3.05) is 20.3 Å². The summed E-state index contributed by atoms with van der Waals surface area (Å²) < 4.78 is 26.6. The number of morpholine rings is 1. The van der Waals surface area contributed by atoms with Crippen LogP contribution in [0.2, 0.25) is 10.0 Å². The van der Waals surface area contributed by atoms with Crippen molar-refractivity contribution in [1.29, 1.82) is 0 Å². The van der Waals surface area contributed by atoms with Crippen molar-refractivity contribution in [1.82, 2.24) is 24.6 Å². The van der Waals surface area contributed by atoms with Gasteiger partial charge in [-0.15, -0.1) is 10.2 Å². The Bertz CT molecular complexity index is 1190. The van der Waals surface area contributed by atoms with E-state index in [0.29, 0.717) is 36.2 Å². The fraction of sp³-hybridized carbons (Fsp3) is 0.300. The molecule has 0 aliphatic carbocycles. The maximum Gasteiger partial charge on any atom is 0.256 e. The summed E-state index contributed by atoms with van der Waals surface area (Å²) in [7, 11) is 1.58. The van der Waals surface area contributed by atoms with Crippen molar-refractivity contribution in [3.05, 3.63) is 57.7 Å². The van der Waals surface area contributed by atoms with Crippen LogP contribution in [0.5, 0.6) is 5.75 Å². The molecule has 0 spiro atoms. The predicted octanol–water partition coefficient (Wildman–Crippen LogP) is 3.39. The van der Waals surface area contributed by atoms with Crippen molar-refractivity contribution in [2.45, 2.75) is 18.6 Å². The number of pyridine rings is 1. The molecule has 160 valence electrons. The third-order valence-electron chi connectivity index (χ3n) is 5.48.